The van der Waals surface area contributed by atoms with Gasteiger partial charge >= 0.3 is 0 Å². The minimum absolute atomic E-state index is 0.117. The molecule has 4 heteroatoms. The van der Waals surface area contributed by atoms with Crippen LogP contribution < -0.4 is 5.32 Å². The molecule has 0 radical (unpaired) electrons. The van der Waals surface area contributed by atoms with E-state index in [0.29, 0.717) is 6.42 Å². The molecule has 2 N–H and O–H groups in total. The molecule has 16 heavy (non-hydrogen) atoms. The van der Waals surface area contributed by atoms with Crippen molar-refractivity contribution < 1.29 is 14.3 Å². The minimum atomic E-state index is -0.586. The van der Waals surface area contributed by atoms with E-state index in [9.17, 15) is 14.3 Å². The molecule has 1 atom stereocenters. The van der Waals surface area contributed by atoms with Gasteiger partial charge in [-0.05, 0) is 24.6 Å². The Balaban J connectivity index is 2.89. The standard InChI is InChI=1S/C12H12FNO2/c1-3-9(4-2)14-12(16)10-7-8(13)5-6-11(10)15/h1,5-7,9,15H,4H2,2H3,(H,14,16). The van der Waals surface area contributed by atoms with Gasteiger partial charge in [-0.15, -0.1) is 6.42 Å². The van der Waals surface area contributed by atoms with Gasteiger partial charge in [-0.25, -0.2) is 4.39 Å². The van der Waals surface area contributed by atoms with Gasteiger partial charge in [0.2, 0.25) is 0 Å². The summed E-state index contributed by atoms with van der Waals surface area (Å²) in [5, 5.41) is 11.9. The number of hydrogen-bond donors (Lipinski definition) is 2. The Morgan fingerprint density at radius 1 is 1.69 bits per heavy atom. The van der Waals surface area contributed by atoms with Gasteiger partial charge in [-0.1, -0.05) is 12.8 Å². The van der Waals surface area contributed by atoms with Crippen LogP contribution in [-0.4, -0.2) is 17.1 Å². The average molecular weight is 221 g/mol. The topological polar surface area (TPSA) is 49.3 Å². The summed E-state index contributed by atoms with van der Waals surface area (Å²) in [4.78, 5) is 11.6. The van der Waals surface area contributed by atoms with E-state index in [0.717, 1.165) is 18.2 Å². The summed E-state index contributed by atoms with van der Waals surface area (Å²) in [6.45, 7) is 1.82. The molecule has 0 spiro atoms. The van der Waals surface area contributed by atoms with Crippen molar-refractivity contribution in [2.45, 2.75) is 19.4 Å². The van der Waals surface area contributed by atoms with Crippen LogP contribution in [0.15, 0.2) is 18.2 Å². The van der Waals surface area contributed by atoms with Gasteiger partial charge in [0.05, 0.1) is 11.6 Å². The number of benzene rings is 1. The molecule has 1 unspecified atom stereocenters. The number of phenols is 1. The first kappa shape index (κ1) is 12.1. The number of carbonyl (C=O) groups excluding carboxylic acids is 1. The normalized spacial score (nSPS) is 11.6. The van der Waals surface area contributed by atoms with Crippen molar-refractivity contribution in [2.75, 3.05) is 0 Å². The monoisotopic (exact) mass is 221 g/mol. The van der Waals surface area contributed by atoms with Crippen LogP contribution in [0.1, 0.15) is 23.7 Å². The lowest BCUT2D eigenvalue weighted by Gasteiger charge is -2.11. The molecule has 1 rings (SSSR count). The van der Waals surface area contributed by atoms with Crippen molar-refractivity contribution in [3.63, 3.8) is 0 Å². The number of halogens is 1. The molecular weight excluding hydrogens is 209 g/mol. The number of terminal acetylenes is 1. The van der Waals surface area contributed by atoms with Gasteiger partial charge in [0.15, 0.2) is 0 Å². The molecule has 0 aliphatic carbocycles. The molecule has 0 bridgehead atoms. The number of hydrogen-bond acceptors (Lipinski definition) is 2. The van der Waals surface area contributed by atoms with Crippen LogP contribution in [0.2, 0.25) is 0 Å². The first-order chi connectivity index (χ1) is 7.58. The highest BCUT2D eigenvalue weighted by Gasteiger charge is 2.14. The first-order valence-electron chi connectivity index (χ1n) is 4.84. The molecule has 0 heterocycles. The van der Waals surface area contributed by atoms with E-state index in [4.69, 9.17) is 6.42 Å². The van der Waals surface area contributed by atoms with Gasteiger partial charge in [0.25, 0.3) is 5.91 Å². The van der Waals surface area contributed by atoms with Gasteiger partial charge in [-0.2, -0.15) is 0 Å². The molecule has 3 nitrogen and oxygen atoms in total. The van der Waals surface area contributed by atoms with Crippen LogP contribution in [0.25, 0.3) is 0 Å². The van der Waals surface area contributed by atoms with E-state index in [1.807, 2.05) is 6.92 Å². The minimum Gasteiger partial charge on any atom is -0.507 e. The fraction of sp³-hybridized carbons (Fsp3) is 0.250. The van der Waals surface area contributed by atoms with Crippen LogP contribution in [0.3, 0.4) is 0 Å². The number of nitrogens with one attached hydrogen (secondary N) is 1. The Hall–Kier alpha value is -2.02. The van der Waals surface area contributed by atoms with Gasteiger partial charge < -0.3 is 10.4 Å². The smallest absolute Gasteiger partial charge is 0.256 e. The Labute approximate surface area is 93.3 Å². The number of amides is 1. The maximum atomic E-state index is 12.9. The Kier molecular flexibility index (Phi) is 3.90. The summed E-state index contributed by atoms with van der Waals surface area (Å²) >= 11 is 0. The Morgan fingerprint density at radius 3 is 2.94 bits per heavy atom. The molecule has 1 aromatic carbocycles. The van der Waals surface area contributed by atoms with E-state index >= 15 is 0 Å². The highest BCUT2D eigenvalue weighted by molar-refractivity contribution is 5.97. The van der Waals surface area contributed by atoms with Gasteiger partial charge in [0.1, 0.15) is 11.6 Å². The molecule has 1 aromatic rings. The summed E-state index contributed by atoms with van der Waals surface area (Å²) in [5.41, 5.74) is -0.117. The number of carbonyl (C=O) groups is 1. The number of aromatic hydroxyl groups is 1. The highest BCUT2D eigenvalue weighted by Crippen LogP contribution is 2.17. The lowest BCUT2D eigenvalue weighted by Crippen LogP contribution is -2.33. The molecule has 0 saturated heterocycles. The predicted molar refractivity (Wildman–Crippen MR) is 58.4 cm³/mol. The average Bonchev–Trinajstić information content (AvgIpc) is 2.28. The van der Waals surface area contributed by atoms with Gasteiger partial charge in [-0.3, -0.25) is 4.79 Å². The van der Waals surface area contributed by atoms with E-state index in [2.05, 4.69) is 11.2 Å². The van der Waals surface area contributed by atoms with E-state index < -0.39 is 17.8 Å². The SMILES string of the molecule is C#CC(CC)NC(=O)c1cc(F)ccc1O. The summed E-state index contributed by atoms with van der Waals surface area (Å²) in [6, 6.07) is 2.75. The Bertz CT molecular complexity index is 437. The van der Waals surface area contributed by atoms with Crippen molar-refractivity contribution in [1.82, 2.24) is 5.32 Å². The van der Waals surface area contributed by atoms with Crippen LogP contribution in [0.4, 0.5) is 4.39 Å². The molecule has 0 aliphatic heterocycles. The van der Waals surface area contributed by atoms with Crippen molar-refractivity contribution in [1.29, 1.82) is 0 Å². The zero-order chi connectivity index (χ0) is 12.1. The second-order valence-corrected chi connectivity index (χ2v) is 3.26. The summed E-state index contributed by atoms with van der Waals surface area (Å²) in [6.07, 6.45) is 5.74. The molecule has 0 aromatic heterocycles. The molecule has 0 saturated carbocycles. The third kappa shape index (κ3) is 2.74. The highest BCUT2D eigenvalue weighted by atomic mass is 19.1. The van der Waals surface area contributed by atoms with E-state index in [-0.39, 0.29) is 11.3 Å². The predicted octanol–water partition coefficient (Wildman–Crippen LogP) is 1.67. The lowest BCUT2D eigenvalue weighted by molar-refractivity contribution is 0.0942. The van der Waals surface area contributed by atoms with Crippen LogP contribution in [-0.2, 0) is 0 Å². The first-order valence-corrected chi connectivity index (χ1v) is 4.84. The van der Waals surface area contributed by atoms with Crippen molar-refractivity contribution in [2.24, 2.45) is 0 Å². The molecule has 84 valence electrons. The summed E-state index contributed by atoms with van der Waals surface area (Å²) in [7, 11) is 0. The summed E-state index contributed by atoms with van der Waals surface area (Å²) < 4.78 is 12.9. The third-order valence-corrected chi connectivity index (χ3v) is 2.12. The van der Waals surface area contributed by atoms with Crippen molar-refractivity contribution in [3.05, 3.63) is 29.6 Å². The second-order valence-electron chi connectivity index (χ2n) is 3.26. The Morgan fingerprint density at radius 2 is 2.38 bits per heavy atom. The lowest BCUT2D eigenvalue weighted by atomic mass is 10.1. The van der Waals surface area contributed by atoms with E-state index in [1.54, 1.807) is 0 Å². The summed E-state index contributed by atoms with van der Waals surface area (Å²) in [5.74, 6) is 0.939. The quantitative estimate of drug-likeness (QED) is 0.763. The third-order valence-electron chi connectivity index (χ3n) is 2.12. The van der Waals surface area contributed by atoms with Crippen molar-refractivity contribution >= 4 is 5.91 Å². The molecule has 0 fully saturated rings. The van der Waals surface area contributed by atoms with Crippen molar-refractivity contribution in [3.8, 4) is 18.1 Å². The fourth-order valence-corrected chi connectivity index (χ4v) is 1.19. The van der Waals surface area contributed by atoms with E-state index in [1.165, 1.54) is 0 Å². The molecule has 1 amide bonds. The maximum absolute atomic E-state index is 12.9. The van der Waals surface area contributed by atoms with Crippen LogP contribution in [0, 0.1) is 18.2 Å². The van der Waals surface area contributed by atoms with Crippen LogP contribution in [0.5, 0.6) is 5.75 Å². The van der Waals surface area contributed by atoms with Crippen LogP contribution >= 0.6 is 0 Å². The number of phenolic OH excluding ortho intramolecular Hbond substituents is 1. The zero-order valence-corrected chi connectivity index (χ0v) is 8.83. The molecular formula is C12H12FNO2. The zero-order valence-electron chi connectivity index (χ0n) is 8.83. The largest absolute Gasteiger partial charge is 0.507 e. The second kappa shape index (κ2) is 5.17. The fourth-order valence-electron chi connectivity index (χ4n) is 1.19. The van der Waals surface area contributed by atoms with Gasteiger partial charge in [0, 0.05) is 0 Å². The maximum Gasteiger partial charge on any atom is 0.256 e. The number of rotatable bonds is 3. The molecule has 0 aliphatic rings.